The number of hydrogen-bond acceptors (Lipinski definition) is 4. The zero-order chi connectivity index (χ0) is 18.1. The van der Waals surface area contributed by atoms with E-state index in [2.05, 4.69) is 4.98 Å². The Morgan fingerprint density at radius 2 is 2.08 bits per heavy atom. The second-order valence-electron chi connectivity index (χ2n) is 7.16. The summed E-state index contributed by atoms with van der Waals surface area (Å²) < 4.78 is 0. The monoisotopic (exact) mass is 352 g/mol. The molecule has 2 aliphatic heterocycles. The molecule has 2 fully saturated rings. The van der Waals surface area contributed by atoms with Gasteiger partial charge < -0.3 is 15.5 Å². The summed E-state index contributed by atoms with van der Waals surface area (Å²) in [5, 5.41) is 0.894. The molecule has 2 atom stereocenters. The lowest BCUT2D eigenvalue weighted by molar-refractivity contribution is -0.140. The Balaban J connectivity index is 1.55. The van der Waals surface area contributed by atoms with Gasteiger partial charge >= 0.3 is 0 Å². The van der Waals surface area contributed by atoms with Crippen molar-refractivity contribution in [1.82, 2.24) is 14.8 Å². The number of hydrogen-bond donors (Lipinski definition) is 1. The van der Waals surface area contributed by atoms with Crippen molar-refractivity contribution < 1.29 is 9.59 Å². The molecule has 0 radical (unpaired) electrons. The predicted molar refractivity (Wildman–Crippen MR) is 99.5 cm³/mol. The van der Waals surface area contributed by atoms with Gasteiger partial charge in [-0.25, -0.2) is 0 Å². The lowest BCUT2D eigenvalue weighted by Gasteiger charge is -2.47. The molecule has 4 rings (SSSR count). The van der Waals surface area contributed by atoms with Crippen LogP contribution in [0.2, 0.25) is 0 Å². The van der Waals surface area contributed by atoms with E-state index in [9.17, 15) is 9.59 Å². The van der Waals surface area contributed by atoms with E-state index in [1.54, 1.807) is 6.20 Å². The van der Waals surface area contributed by atoms with E-state index >= 15 is 0 Å². The molecule has 2 aliphatic rings. The van der Waals surface area contributed by atoms with Crippen molar-refractivity contribution in [1.29, 1.82) is 0 Å². The second-order valence-corrected chi connectivity index (χ2v) is 7.16. The van der Waals surface area contributed by atoms with Crippen molar-refractivity contribution >= 4 is 22.7 Å². The molecule has 0 unspecified atom stereocenters. The highest BCUT2D eigenvalue weighted by Crippen LogP contribution is 2.32. The van der Waals surface area contributed by atoms with Gasteiger partial charge in [-0.15, -0.1) is 0 Å². The van der Waals surface area contributed by atoms with E-state index in [1.807, 2.05) is 40.1 Å². The van der Waals surface area contributed by atoms with Crippen LogP contribution < -0.4 is 5.73 Å². The number of nitrogens with two attached hydrogens (primary N) is 1. The number of benzene rings is 1. The van der Waals surface area contributed by atoms with Gasteiger partial charge in [0.15, 0.2) is 0 Å². The van der Waals surface area contributed by atoms with E-state index in [4.69, 9.17) is 5.73 Å². The molecular weight excluding hydrogens is 328 g/mol. The second kappa shape index (κ2) is 7.03. The van der Waals surface area contributed by atoms with E-state index in [1.165, 1.54) is 0 Å². The van der Waals surface area contributed by atoms with Crippen LogP contribution in [0.1, 0.15) is 29.6 Å². The first-order chi connectivity index (χ1) is 12.7. The van der Waals surface area contributed by atoms with Crippen LogP contribution in [0.25, 0.3) is 10.9 Å². The summed E-state index contributed by atoms with van der Waals surface area (Å²) in [5.74, 6) is 0.603. The highest BCUT2D eigenvalue weighted by atomic mass is 16.2. The lowest BCUT2D eigenvalue weighted by atomic mass is 9.83. The zero-order valence-electron chi connectivity index (χ0n) is 14.8. The van der Waals surface area contributed by atoms with E-state index in [0.717, 1.165) is 23.7 Å². The molecule has 2 amide bonds. The van der Waals surface area contributed by atoms with Gasteiger partial charge in [-0.2, -0.15) is 0 Å². The molecule has 1 aromatic carbocycles. The minimum Gasteiger partial charge on any atom is -0.338 e. The standard InChI is InChI=1S/C20H24N4O2/c21-9-12-24-18-8-11-23(13-14(18)5-6-19(24)25)20(26)16-7-10-22-17-4-2-1-3-15(16)17/h1-4,7,10,14,18H,5-6,8-9,11-13,21H2/t14-,18+/m0/s1. The molecule has 2 saturated heterocycles. The molecule has 3 heterocycles. The number of pyridine rings is 1. The molecule has 0 spiro atoms. The van der Waals surface area contributed by atoms with Crippen LogP contribution in [0.15, 0.2) is 36.5 Å². The third-order valence-corrected chi connectivity index (χ3v) is 5.68. The molecule has 0 aliphatic carbocycles. The van der Waals surface area contributed by atoms with Gasteiger partial charge in [0.1, 0.15) is 0 Å². The number of rotatable bonds is 3. The number of amides is 2. The Labute approximate surface area is 153 Å². The molecule has 1 aromatic heterocycles. The maximum absolute atomic E-state index is 13.2. The van der Waals surface area contributed by atoms with Gasteiger partial charge in [0, 0.05) is 50.2 Å². The Kier molecular flexibility index (Phi) is 4.59. The summed E-state index contributed by atoms with van der Waals surface area (Å²) in [6.45, 7) is 2.48. The van der Waals surface area contributed by atoms with Crippen molar-refractivity contribution in [2.75, 3.05) is 26.2 Å². The van der Waals surface area contributed by atoms with Crippen LogP contribution in [0.5, 0.6) is 0 Å². The van der Waals surface area contributed by atoms with Crippen molar-refractivity contribution in [2.45, 2.75) is 25.3 Å². The molecule has 6 heteroatoms. The lowest BCUT2D eigenvalue weighted by Crippen LogP contribution is -2.57. The maximum Gasteiger partial charge on any atom is 0.254 e. The summed E-state index contributed by atoms with van der Waals surface area (Å²) in [7, 11) is 0. The normalized spacial score (nSPS) is 23.2. The molecule has 136 valence electrons. The molecule has 0 bridgehead atoms. The van der Waals surface area contributed by atoms with E-state index in [-0.39, 0.29) is 17.9 Å². The highest BCUT2D eigenvalue weighted by Gasteiger charge is 2.40. The third-order valence-electron chi connectivity index (χ3n) is 5.68. The first kappa shape index (κ1) is 17.0. The van der Waals surface area contributed by atoms with Crippen molar-refractivity contribution in [3.8, 4) is 0 Å². The smallest absolute Gasteiger partial charge is 0.254 e. The molecule has 0 saturated carbocycles. The van der Waals surface area contributed by atoms with Crippen LogP contribution in [0, 0.1) is 5.92 Å². The van der Waals surface area contributed by atoms with Crippen molar-refractivity contribution in [2.24, 2.45) is 11.7 Å². The largest absolute Gasteiger partial charge is 0.338 e. The minimum atomic E-state index is 0.0596. The average Bonchev–Trinajstić information content (AvgIpc) is 2.69. The van der Waals surface area contributed by atoms with Gasteiger partial charge in [-0.05, 0) is 30.9 Å². The molecule has 2 aromatic rings. The number of likely N-dealkylation sites (tertiary alicyclic amines) is 2. The van der Waals surface area contributed by atoms with Gasteiger partial charge in [-0.1, -0.05) is 18.2 Å². The summed E-state index contributed by atoms with van der Waals surface area (Å²) in [5.41, 5.74) is 7.23. The van der Waals surface area contributed by atoms with Crippen LogP contribution in [0.3, 0.4) is 0 Å². The van der Waals surface area contributed by atoms with Crippen molar-refractivity contribution in [3.63, 3.8) is 0 Å². The summed E-state index contributed by atoms with van der Waals surface area (Å²) >= 11 is 0. The van der Waals surface area contributed by atoms with Crippen LogP contribution in [-0.2, 0) is 4.79 Å². The SMILES string of the molecule is NCCN1C(=O)CC[C@H]2CN(C(=O)c3ccnc4ccccc34)CC[C@H]21. The van der Waals surface area contributed by atoms with Crippen LogP contribution >= 0.6 is 0 Å². The third kappa shape index (κ3) is 2.94. The number of fused-ring (bicyclic) bond motifs is 2. The minimum absolute atomic E-state index is 0.0596. The zero-order valence-corrected chi connectivity index (χ0v) is 14.8. The Hall–Kier alpha value is -2.47. The van der Waals surface area contributed by atoms with Gasteiger partial charge in [0.05, 0.1) is 11.1 Å². The Morgan fingerprint density at radius 1 is 1.23 bits per heavy atom. The first-order valence-electron chi connectivity index (χ1n) is 9.31. The van der Waals surface area contributed by atoms with Crippen LogP contribution in [0.4, 0.5) is 0 Å². The number of piperidine rings is 2. The highest BCUT2D eigenvalue weighted by molar-refractivity contribution is 6.06. The number of para-hydroxylation sites is 1. The van der Waals surface area contributed by atoms with Gasteiger partial charge in [0.25, 0.3) is 5.91 Å². The predicted octanol–water partition coefficient (Wildman–Crippen LogP) is 1.65. The topological polar surface area (TPSA) is 79.5 Å². The maximum atomic E-state index is 13.2. The van der Waals surface area contributed by atoms with Gasteiger partial charge in [-0.3, -0.25) is 14.6 Å². The summed E-state index contributed by atoms with van der Waals surface area (Å²) in [6, 6.07) is 9.77. The fourth-order valence-corrected chi connectivity index (χ4v) is 4.42. The molecule has 2 N–H and O–H groups in total. The molecular formula is C20H24N4O2. The summed E-state index contributed by atoms with van der Waals surface area (Å²) in [6.07, 6.45) is 3.93. The fourth-order valence-electron chi connectivity index (χ4n) is 4.42. The van der Waals surface area contributed by atoms with E-state index < -0.39 is 0 Å². The number of aromatic nitrogens is 1. The van der Waals surface area contributed by atoms with Crippen LogP contribution in [-0.4, -0.2) is 58.8 Å². The Morgan fingerprint density at radius 3 is 2.92 bits per heavy atom. The Bertz CT molecular complexity index is 832. The molecule has 6 nitrogen and oxygen atoms in total. The molecule has 26 heavy (non-hydrogen) atoms. The van der Waals surface area contributed by atoms with E-state index in [0.29, 0.717) is 44.1 Å². The average molecular weight is 352 g/mol. The quantitative estimate of drug-likeness (QED) is 0.911. The number of carbonyl (C=O) groups excluding carboxylic acids is 2. The summed E-state index contributed by atoms with van der Waals surface area (Å²) in [4.78, 5) is 33.6. The van der Waals surface area contributed by atoms with Crippen molar-refractivity contribution in [3.05, 3.63) is 42.1 Å². The number of carbonyl (C=O) groups is 2. The first-order valence-corrected chi connectivity index (χ1v) is 9.31. The number of nitrogens with zero attached hydrogens (tertiary/aromatic N) is 3. The fraction of sp³-hybridized carbons (Fsp3) is 0.450. The van der Waals surface area contributed by atoms with Gasteiger partial charge in [0.2, 0.25) is 5.91 Å².